The van der Waals surface area contributed by atoms with Gasteiger partial charge in [0, 0.05) is 13.5 Å². The Kier molecular flexibility index (Phi) is 1.05. The van der Waals surface area contributed by atoms with Gasteiger partial charge >= 0.3 is 0 Å². The van der Waals surface area contributed by atoms with Gasteiger partial charge in [0.15, 0.2) is 5.79 Å². The van der Waals surface area contributed by atoms with Gasteiger partial charge in [0.1, 0.15) is 0 Å². The molecular weight excluding hydrogens is 92.1 g/mol. The summed E-state index contributed by atoms with van der Waals surface area (Å²) in [7, 11) is 1.67. The Bertz CT molecular complexity index is 61.0. The summed E-state index contributed by atoms with van der Waals surface area (Å²) < 4.78 is 10.00. The topological polar surface area (TPSA) is 18.5 Å². The van der Waals surface area contributed by atoms with Crippen LogP contribution >= 0.6 is 0 Å². The van der Waals surface area contributed by atoms with Gasteiger partial charge in [-0.2, -0.15) is 0 Å². The molecule has 2 nitrogen and oxygen atoms in total. The van der Waals surface area contributed by atoms with E-state index in [-0.39, 0.29) is 5.79 Å². The molecule has 42 valence electrons. The number of methoxy groups -OCH3 is 1. The minimum atomic E-state index is -0.236. The van der Waals surface area contributed by atoms with Gasteiger partial charge in [-0.3, -0.25) is 0 Å². The Morgan fingerprint density at radius 3 is 2.29 bits per heavy atom. The molecule has 2 heteroatoms. The first-order valence-electron chi connectivity index (χ1n) is 2.46. The smallest absolute Gasteiger partial charge is 0.167 e. The van der Waals surface area contributed by atoms with Crippen LogP contribution in [0.15, 0.2) is 0 Å². The molecule has 1 rings (SSSR count). The highest BCUT2D eigenvalue weighted by molar-refractivity contribution is 4.69. The fourth-order valence-corrected chi connectivity index (χ4v) is 0.551. The molecule has 0 aromatic rings. The maximum atomic E-state index is 5.05. The Balaban J connectivity index is 2.29. The predicted octanol–water partition coefficient (Wildman–Crippen LogP) is 0.769. The van der Waals surface area contributed by atoms with E-state index >= 15 is 0 Å². The van der Waals surface area contributed by atoms with Crippen molar-refractivity contribution in [2.24, 2.45) is 0 Å². The van der Waals surface area contributed by atoms with Crippen LogP contribution in [0.5, 0.6) is 0 Å². The Labute approximate surface area is 43.4 Å². The van der Waals surface area contributed by atoms with E-state index in [9.17, 15) is 0 Å². The van der Waals surface area contributed by atoms with Gasteiger partial charge in [-0.1, -0.05) is 0 Å². The molecule has 0 bridgehead atoms. The largest absolute Gasteiger partial charge is 0.353 e. The van der Waals surface area contributed by atoms with Crippen LogP contribution in [0.2, 0.25) is 0 Å². The summed E-state index contributed by atoms with van der Waals surface area (Å²) in [5.41, 5.74) is 0. The summed E-state index contributed by atoms with van der Waals surface area (Å²) >= 11 is 0. The lowest BCUT2D eigenvalue weighted by atomic mass is 10.1. The molecule has 1 saturated heterocycles. The average molecular weight is 102 g/mol. The van der Waals surface area contributed by atoms with Crippen LogP contribution in [-0.2, 0) is 9.47 Å². The van der Waals surface area contributed by atoms with Gasteiger partial charge < -0.3 is 9.47 Å². The third-order valence-corrected chi connectivity index (χ3v) is 1.40. The molecule has 1 aliphatic heterocycles. The second-order valence-corrected chi connectivity index (χ2v) is 1.94. The third kappa shape index (κ3) is 0.763. The van der Waals surface area contributed by atoms with E-state index in [2.05, 4.69) is 0 Å². The van der Waals surface area contributed by atoms with Gasteiger partial charge in [-0.25, -0.2) is 0 Å². The van der Waals surface area contributed by atoms with Crippen molar-refractivity contribution >= 4 is 0 Å². The molecule has 0 aromatic heterocycles. The van der Waals surface area contributed by atoms with Gasteiger partial charge in [0.05, 0.1) is 6.61 Å². The summed E-state index contributed by atoms with van der Waals surface area (Å²) in [5.74, 6) is -0.236. The molecule has 0 amide bonds. The highest BCUT2D eigenvalue weighted by atomic mass is 16.7. The summed E-state index contributed by atoms with van der Waals surface area (Å²) in [6, 6.07) is 0. The first-order chi connectivity index (χ1) is 3.27. The lowest BCUT2D eigenvalue weighted by molar-refractivity contribution is -0.284. The van der Waals surface area contributed by atoms with Crippen molar-refractivity contribution in [3.8, 4) is 0 Å². The van der Waals surface area contributed by atoms with Gasteiger partial charge in [-0.05, 0) is 6.92 Å². The van der Waals surface area contributed by atoms with Crippen molar-refractivity contribution in [1.82, 2.24) is 0 Å². The summed E-state index contributed by atoms with van der Waals surface area (Å²) in [6.45, 7) is 2.79. The van der Waals surface area contributed by atoms with Gasteiger partial charge in [0.25, 0.3) is 0 Å². The lowest BCUT2D eigenvalue weighted by Gasteiger charge is -2.36. The summed E-state index contributed by atoms with van der Waals surface area (Å²) in [4.78, 5) is 0. The van der Waals surface area contributed by atoms with E-state index in [0.29, 0.717) is 0 Å². The standard InChI is InChI=1S/C5H10O2/c1-5(6-2)3-4-7-5/h3-4H2,1-2H3. The summed E-state index contributed by atoms with van der Waals surface area (Å²) in [5, 5.41) is 0. The zero-order valence-electron chi connectivity index (χ0n) is 4.73. The molecular formula is C5H10O2. The molecule has 1 fully saturated rings. The zero-order valence-corrected chi connectivity index (χ0v) is 4.73. The quantitative estimate of drug-likeness (QED) is 0.487. The highest BCUT2D eigenvalue weighted by Crippen LogP contribution is 2.25. The van der Waals surface area contributed by atoms with Crippen LogP contribution in [0.3, 0.4) is 0 Å². The number of hydrogen-bond acceptors (Lipinski definition) is 2. The average Bonchev–Trinajstić information content (AvgIpc) is 1.61. The molecule has 7 heavy (non-hydrogen) atoms. The molecule has 0 N–H and O–H groups in total. The molecule has 0 radical (unpaired) electrons. The second kappa shape index (κ2) is 1.46. The molecule has 1 unspecified atom stereocenters. The Morgan fingerprint density at radius 2 is 2.29 bits per heavy atom. The first-order valence-corrected chi connectivity index (χ1v) is 2.46. The minimum Gasteiger partial charge on any atom is -0.353 e. The van der Waals surface area contributed by atoms with Crippen LogP contribution in [0, 0.1) is 0 Å². The van der Waals surface area contributed by atoms with Crippen molar-refractivity contribution in [2.45, 2.75) is 19.1 Å². The fraction of sp³-hybridized carbons (Fsp3) is 1.00. The van der Waals surface area contributed by atoms with Crippen LogP contribution in [0.1, 0.15) is 13.3 Å². The lowest BCUT2D eigenvalue weighted by Crippen LogP contribution is -2.42. The molecule has 1 aliphatic rings. The fourth-order valence-electron chi connectivity index (χ4n) is 0.551. The van der Waals surface area contributed by atoms with Crippen molar-refractivity contribution < 1.29 is 9.47 Å². The van der Waals surface area contributed by atoms with Crippen molar-refractivity contribution in [2.75, 3.05) is 13.7 Å². The number of hydrogen-bond donors (Lipinski definition) is 0. The molecule has 0 aliphatic carbocycles. The van der Waals surface area contributed by atoms with Crippen LogP contribution < -0.4 is 0 Å². The van der Waals surface area contributed by atoms with Gasteiger partial charge in [0.2, 0.25) is 0 Å². The van der Waals surface area contributed by atoms with Gasteiger partial charge in [-0.15, -0.1) is 0 Å². The van der Waals surface area contributed by atoms with E-state index < -0.39 is 0 Å². The van der Waals surface area contributed by atoms with Crippen molar-refractivity contribution in [1.29, 1.82) is 0 Å². The van der Waals surface area contributed by atoms with E-state index in [1.54, 1.807) is 7.11 Å². The van der Waals surface area contributed by atoms with E-state index in [0.717, 1.165) is 13.0 Å². The molecule has 1 heterocycles. The van der Waals surface area contributed by atoms with Crippen molar-refractivity contribution in [3.05, 3.63) is 0 Å². The summed E-state index contributed by atoms with van der Waals surface area (Å²) in [6.07, 6.45) is 1.03. The minimum absolute atomic E-state index is 0.236. The highest BCUT2D eigenvalue weighted by Gasteiger charge is 2.32. The van der Waals surface area contributed by atoms with Crippen molar-refractivity contribution in [3.63, 3.8) is 0 Å². The Hall–Kier alpha value is -0.0800. The first kappa shape index (κ1) is 5.06. The SMILES string of the molecule is COC1(C)CCO1. The normalized spacial score (nSPS) is 40.3. The molecule has 0 saturated carbocycles. The third-order valence-electron chi connectivity index (χ3n) is 1.40. The maximum absolute atomic E-state index is 5.05. The van der Waals surface area contributed by atoms with Crippen LogP contribution in [-0.4, -0.2) is 19.5 Å². The molecule has 0 spiro atoms. The van der Waals surface area contributed by atoms with E-state index in [4.69, 9.17) is 9.47 Å². The monoisotopic (exact) mass is 102 g/mol. The molecule has 0 aromatic carbocycles. The molecule has 1 atom stereocenters. The zero-order chi connectivity index (χ0) is 5.33. The maximum Gasteiger partial charge on any atom is 0.167 e. The Morgan fingerprint density at radius 1 is 1.71 bits per heavy atom. The number of ether oxygens (including phenoxy) is 2. The van der Waals surface area contributed by atoms with Crippen LogP contribution in [0.4, 0.5) is 0 Å². The van der Waals surface area contributed by atoms with E-state index in [1.165, 1.54) is 0 Å². The van der Waals surface area contributed by atoms with Crippen LogP contribution in [0.25, 0.3) is 0 Å². The predicted molar refractivity (Wildman–Crippen MR) is 26.0 cm³/mol. The second-order valence-electron chi connectivity index (χ2n) is 1.94. The number of rotatable bonds is 1. The van der Waals surface area contributed by atoms with E-state index in [1.807, 2.05) is 6.92 Å².